The Labute approximate surface area is 394 Å². The van der Waals surface area contributed by atoms with Crippen LogP contribution < -0.4 is 23.7 Å². The Balaban J connectivity index is 0.000000376. The van der Waals surface area contributed by atoms with Crippen molar-refractivity contribution in [2.45, 2.75) is 136 Å². The van der Waals surface area contributed by atoms with Crippen LogP contribution in [0.4, 0.5) is 0 Å². The minimum absolute atomic E-state index is 0.0652. The van der Waals surface area contributed by atoms with E-state index in [9.17, 15) is 39.3 Å². The van der Waals surface area contributed by atoms with Gasteiger partial charge in [-0.1, -0.05) is 94.8 Å². The fourth-order valence-electron chi connectivity index (χ4n) is 6.53. The van der Waals surface area contributed by atoms with Crippen molar-refractivity contribution in [3.63, 3.8) is 0 Å². The maximum absolute atomic E-state index is 12.2. The number of phenolic OH excluding ortho intramolecular Hbond substituents is 1. The van der Waals surface area contributed by atoms with Gasteiger partial charge in [0.2, 0.25) is 0 Å². The van der Waals surface area contributed by atoms with Crippen molar-refractivity contribution in [2.75, 3.05) is 14.2 Å². The molecule has 0 aromatic heterocycles. The zero-order chi connectivity index (χ0) is 48.9. The van der Waals surface area contributed by atoms with Crippen molar-refractivity contribution >= 4 is 40.3 Å². The number of benzene rings is 4. The van der Waals surface area contributed by atoms with Gasteiger partial charge in [-0.3, -0.25) is 24.0 Å². The number of aliphatic hydroxyl groups is 2. The molecule has 0 bridgehead atoms. The zero-order valence-corrected chi connectivity index (χ0v) is 39.9. The first-order valence-corrected chi connectivity index (χ1v) is 22.8. The number of aliphatic hydroxyl groups excluding tert-OH is 2. The lowest BCUT2D eigenvalue weighted by molar-refractivity contribution is -0.132. The van der Waals surface area contributed by atoms with Crippen LogP contribution in [0.5, 0.6) is 34.5 Å². The minimum Gasteiger partial charge on any atom is -0.504 e. The largest absolute Gasteiger partial charge is 0.504 e. The number of carbonyl (C=O) groups is 5. The molecule has 360 valence electrons. The van der Waals surface area contributed by atoms with Gasteiger partial charge in [0.25, 0.3) is 5.24 Å². The number of phenols is 1. The van der Waals surface area contributed by atoms with Gasteiger partial charge < -0.3 is 39.0 Å². The summed E-state index contributed by atoms with van der Waals surface area (Å²) < 4.78 is 26.4. The highest BCUT2D eigenvalue weighted by Gasteiger charge is 2.15. The molecule has 0 spiro atoms. The second-order valence-electron chi connectivity index (χ2n) is 15.6. The highest BCUT2D eigenvalue weighted by atomic mass is 35.5. The predicted molar refractivity (Wildman–Crippen MR) is 254 cm³/mol. The molecule has 0 heterocycles. The van der Waals surface area contributed by atoms with Crippen molar-refractivity contribution in [2.24, 2.45) is 0 Å². The molecule has 4 aromatic rings. The van der Waals surface area contributed by atoms with Gasteiger partial charge in [-0.15, -0.1) is 0 Å². The molecule has 66 heavy (non-hydrogen) atoms. The molecule has 2 atom stereocenters. The number of para-hydroxylation sites is 2. The molecule has 0 radical (unpaired) electrons. The van der Waals surface area contributed by atoms with Crippen LogP contribution in [0, 0.1) is 0 Å². The smallest absolute Gasteiger partial charge is 0.308 e. The van der Waals surface area contributed by atoms with E-state index in [0.29, 0.717) is 61.5 Å². The first-order chi connectivity index (χ1) is 31.6. The van der Waals surface area contributed by atoms with Gasteiger partial charge >= 0.3 is 11.9 Å². The first-order valence-electron chi connectivity index (χ1n) is 22.4. The number of ether oxygens (including phenoxy) is 5. The summed E-state index contributed by atoms with van der Waals surface area (Å²) in [4.78, 5) is 56.8. The molecular weight excluding hydrogens is 868 g/mol. The van der Waals surface area contributed by atoms with Crippen LogP contribution >= 0.6 is 11.6 Å². The summed E-state index contributed by atoms with van der Waals surface area (Å²) in [6, 6.07) is 24.2. The molecule has 0 saturated heterocycles. The summed E-state index contributed by atoms with van der Waals surface area (Å²) in [6.07, 6.45) is 9.03. The first kappa shape index (κ1) is 56.4. The van der Waals surface area contributed by atoms with Gasteiger partial charge in [-0.25, -0.2) is 0 Å². The Kier molecular flexibility index (Phi) is 27.3. The second kappa shape index (κ2) is 32.0. The number of esters is 2. The molecule has 2 unspecified atom stereocenters. The van der Waals surface area contributed by atoms with Gasteiger partial charge in [0.05, 0.1) is 32.0 Å². The molecule has 13 nitrogen and oxygen atoms in total. The molecule has 3 N–H and O–H groups in total. The third-order valence-electron chi connectivity index (χ3n) is 10.0. The second-order valence-corrected chi connectivity index (χ2v) is 16.0. The van der Waals surface area contributed by atoms with Gasteiger partial charge in [0.1, 0.15) is 29.7 Å². The number of halogens is 1. The molecule has 0 aliphatic heterocycles. The van der Waals surface area contributed by atoms with E-state index in [2.05, 4.69) is 13.8 Å². The van der Waals surface area contributed by atoms with E-state index in [4.69, 9.17) is 35.3 Å². The molecule has 0 saturated carbocycles. The summed E-state index contributed by atoms with van der Waals surface area (Å²) in [5, 5.41) is 28.7. The molecule has 4 rings (SSSR count). The van der Waals surface area contributed by atoms with Crippen LogP contribution in [0.25, 0.3) is 0 Å². The summed E-state index contributed by atoms with van der Waals surface area (Å²) in [5.74, 6) is 1.57. The van der Waals surface area contributed by atoms with Crippen LogP contribution in [0.15, 0.2) is 84.9 Å². The van der Waals surface area contributed by atoms with E-state index in [-0.39, 0.29) is 54.0 Å². The SMILES string of the molecule is CC(=O)Oc1ccccc1C(=O)Cl.CCCCCC(O)CC(=O)CCc1ccc(O)c(OC)c1.CCCCCC(O)CC(=O)CCc1ccc(OCc2ccccc2OC(C)=O)c(OC)c1. The lowest BCUT2D eigenvalue weighted by Gasteiger charge is -2.14. The summed E-state index contributed by atoms with van der Waals surface area (Å²) in [5.41, 5.74) is 2.85. The lowest BCUT2D eigenvalue weighted by Crippen LogP contribution is -2.14. The van der Waals surface area contributed by atoms with Gasteiger partial charge in [-0.05, 0) is 90.9 Å². The van der Waals surface area contributed by atoms with E-state index >= 15 is 0 Å². The number of unbranched alkanes of at least 4 members (excludes halogenated alkanes) is 4. The number of hydrogen-bond donors (Lipinski definition) is 3. The molecule has 4 aromatic carbocycles. The average molecular weight is 936 g/mol. The lowest BCUT2D eigenvalue weighted by atomic mass is 10.0. The Bertz CT molecular complexity index is 2120. The van der Waals surface area contributed by atoms with Crippen molar-refractivity contribution in [3.05, 3.63) is 107 Å². The van der Waals surface area contributed by atoms with Crippen LogP contribution in [0.3, 0.4) is 0 Å². The molecule has 0 amide bonds. The highest BCUT2D eigenvalue weighted by Crippen LogP contribution is 2.31. The van der Waals surface area contributed by atoms with E-state index < -0.39 is 23.4 Å². The fourth-order valence-corrected chi connectivity index (χ4v) is 6.69. The minimum atomic E-state index is -0.642. The Morgan fingerprint density at radius 3 is 1.59 bits per heavy atom. The number of aryl methyl sites for hydroxylation is 2. The quantitative estimate of drug-likeness (QED) is 0.0233. The molecule has 0 aliphatic rings. The van der Waals surface area contributed by atoms with Crippen molar-refractivity contribution in [1.82, 2.24) is 0 Å². The van der Waals surface area contributed by atoms with Crippen LogP contribution in [0.2, 0.25) is 0 Å². The van der Waals surface area contributed by atoms with Gasteiger partial charge in [-0.2, -0.15) is 0 Å². The number of Topliss-reactive ketones (excluding diaryl/α,β-unsaturated/α-hetero) is 2. The third-order valence-corrected chi connectivity index (χ3v) is 10.2. The number of aromatic hydroxyl groups is 1. The monoisotopic (exact) mass is 934 g/mol. The van der Waals surface area contributed by atoms with Crippen LogP contribution in [-0.2, 0) is 38.6 Å². The topological polar surface area (TPSA) is 192 Å². The molecule has 0 fully saturated rings. The van der Waals surface area contributed by atoms with E-state index in [0.717, 1.165) is 55.2 Å². The third kappa shape index (κ3) is 22.9. The standard InChI is InChI=1S/C26H34O6.C17H26O4.C9H7ClO3/c1-4-5-6-10-22(28)17-23(29)14-12-20-13-15-25(26(16-20)30-3)31-18-21-9-7-8-11-24(21)32-19(2)27;1-3-4-5-6-14(18)12-15(19)9-7-13-8-10-16(20)17(11-13)21-2;1-6(11)13-8-5-3-2-4-7(8)9(10)12/h7-9,11,13,15-16,22,28H,4-6,10,12,14,17-18H2,1-3H3;8,10-11,14,18,20H,3-7,9,12H2,1-2H3;2-5H,1H3. The number of rotatable bonds is 26. The molecular formula is C52H67ClO13. The van der Waals surface area contributed by atoms with E-state index in [1.807, 2.05) is 30.3 Å². The Morgan fingerprint density at radius 1 is 0.591 bits per heavy atom. The van der Waals surface area contributed by atoms with E-state index in [1.54, 1.807) is 49.6 Å². The maximum atomic E-state index is 12.2. The predicted octanol–water partition coefficient (Wildman–Crippen LogP) is 10.3. The number of hydrogen-bond acceptors (Lipinski definition) is 13. The summed E-state index contributed by atoms with van der Waals surface area (Å²) in [6.45, 7) is 7.06. The zero-order valence-electron chi connectivity index (χ0n) is 39.1. The summed E-state index contributed by atoms with van der Waals surface area (Å²) >= 11 is 5.26. The number of methoxy groups -OCH3 is 2. The highest BCUT2D eigenvalue weighted by molar-refractivity contribution is 6.68. The van der Waals surface area contributed by atoms with Gasteiger partial charge in [0.15, 0.2) is 23.0 Å². The maximum Gasteiger partial charge on any atom is 0.308 e. The average Bonchev–Trinajstić information content (AvgIpc) is 3.28. The fraction of sp³-hybridized carbons (Fsp3) is 0.442. The summed E-state index contributed by atoms with van der Waals surface area (Å²) in [7, 11) is 3.06. The normalized spacial score (nSPS) is 11.3. The molecule has 14 heteroatoms. The Morgan fingerprint density at radius 2 is 1.08 bits per heavy atom. The van der Waals surface area contributed by atoms with Gasteiger partial charge in [0, 0.05) is 45.1 Å². The van der Waals surface area contributed by atoms with Crippen molar-refractivity contribution in [1.29, 1.82) is 0 Å². The Hall–Kier alpha value is -5.76. The van der Waals surface area contributed by atoms with Crippen LogP contribution in [0.1, 0.15) is 132 Å². The van der Waals surface area contributed by atoms with Crippen molar-refractivity contribution < 1.29 is 63.0 Å². The number of carbonyl (C=O) groups excluding carboxylic acids is 5. The van der Waals surface area contributed by atoms with E-state index in [1.165, 1.54) is 33.1 Å². The molecule has 0 aliphatic carbocycles. The van der Waals surface area contributed by atoms with Crippen LogP contribution in [-0.4, -0.2) is 70.5 Å². The number of ketones is 2. The van der Waals surface area contributed by atoms with Crippen molar-refractivity contribution in [3.8, 4) is 34.5 Å².